The van der Waals surface area contributed by atoms with Gasteiger partial charge < -0.3 is 10.2 Å². The molecule has 3 N–H and O–H groups in total. The normalized spacial score (nSPS) is 10.9. The number of carbonyl (C=O) groups is 1. The average Bonchev–Trinajstić information content (AvgIpc) is 3.24. The summed E-state index contributed by atoms with van der Waals surface area (Å²) in [5.74, 6) is 0.459. The Kier molecular flexibility index (Phi) is 4.99. The number of amides is 1. The first-order chi connectivity index (χ1) is 12.5. The van der Waals surface area contributed by atoms with Crippen LogP contribution < -0.4 is 11.2 Å². The van der Waals surface area contributed by atoms with Crippen LogP contribution >= 0.6 is 11.3 Å². The summed E-state index contributed by atoms with van der Waals surface area (Å²) in [6.45, 7) is 0. The van der Waals surface area contributed by atoms with Crippen molar-refractivity contribution in [1.82, 2.24) is 15.6 Å². The molecule has 10 nitrogen and oxygen atoms in total. The minimum absolute atomic E-state index is 0.0172. The van der Waals surface area contributed by atoms with Gasteiger partial charge in [-0.05, 0) is 12.1 Å². The molecule has 0 fully saturated rings. The SMILES string of the molecule is Nc1nnc(CC(=O)N/N=C/c2ccc(-c3cccc([N+](=O)[O-])c3)o2)s1. The fourth-order valence-electron chi connectivity index (χ4n) is 2.03. The van der Waals surface area contributed by atoms with Crippen molar-refractivity contribution >= 4 is 34.3 Å². The van der Waals surface area contributed by atoms with Crippen LogP contribution in [0.4, 0.5) is 10.8 Å². The highest BCUT2D eigenvalue weighted by Crippen LogP contribution is 2.25. The molecule has 0 aliphatic carbocycles. The maximum atomic E-state index is 11.7. The number of carbonyl (C=O) groups excluding carboxylic acids is 1. The van der Waals surface area contributed by atoms with E-state index in [9.17, 15) is 14.9 Å². The van der Waals surface area contributed by atoms with E-state index in [4.69, 9.17) is 10.2 Å². The molecular weight excluding hydrogens is 360 g/mol. The number of non-ortho nitro benzene ring substituents is 1. The molecule has 0 radical (unpaired) electrons. The lowest BCUT2D eigenvalue weighted by Crippen LogP contribution is -2.19. The maximum Gasteiger partial charge on any atom is 0.270 e. The molecule has 0 unspecified atom stereocenters. The highest BCUT2D eigenvalue weighted by molar-refractivity contribution is 7.15. The first kappa shape index (κ1) is 17.2. The molecule has 11 heteroatoms. The van der Waals surface area contributed by atoms with Crippen molar-refractivity contribution in [3.8, 4) is 11.3 Å². The van der Waals surface area contributed by atoms with Crippen LogP contribution in [0.2, 0.25) is 0 Å². The van der Waals surface area contributed by atoms with Gasteiger partial charge in [-0.15, -0.1) is 10.2 Å². The smallest absolute Gasteiger partial charge is 0.270 e. The number of hydrogen-bond donors (Lipinski definition) is 2. The van der Waals surface area contributed by atoms with Gasteiger partial charge in [0.15, 0.2) is 0 Å². The third-order valence-corrected chi connectivity index (χ3v) is 3.90. The number of nitro groups is 1. The van der Waals surface area contributed by atoms with Gasteiger partial charge in [0.1, 0.15) is 16.5 Å². The van der Waals surface area contributed by atoms with E-state index in [0.717, 1.165) is 11.3 Å². The number of aromatic nitrogens is 2. The van der Waals surface area contributed by atoms with Crippen molar-refractivity contribution in [1.29, 1.82) is 0 Å². The first-order valence-electron chi connectivity index (χ1n) is 7.25. The van der Waals surface area contributed by atoms with Gasteiger partial charge in [-0.1, -0.05) is 23.5 Å². The minimum Gasteiger partial charge on any atom is -0.455 e. The van der Waals surface area contributed by atoms with E-state index in [2.05, 4.69) is 20.7 Å². The zero-order valence-electron chi connectivity index (χ0n) is 13.2. The number of nitrogen functional groups attached to an aromatic ring is 1. The number of anilines is 1. The molecule has 0 aliphatic heterocycles. The van der Waals surface area contributed by atoms with Crippen molar-refractivity contribution in [2.45, 2.75) is 6.42 Å². The lowest BCUT2D eigenvalue weighted by molar-refractivity contribution is -0.384. The Morgan fingerprint density at radius 1 is 1.38 bits per heavy atom. The Morgan fingerprint density at radius 2 is 2.23 bits per heavy atom. The zero-order valence-corrected chi connectivity index (χ0v) is 14.0. The van der Waals surface area contributed by atoms with E-state index in [1.165, 1.54) is 18.3 Å². The monoisotopic (exact) mass is 372 g/mol. The number of hydrogen-bond acceptors (Lipinski definition) is 9. The summed E-state index contributed by atoms with van der Waals surface area (Å²) in [5, 5.41) is 22.8. The predicted octanol–water partition coefficient (Wildman–Crippen LogP) is 1.98. The Morgan fingerprint density at radius 3 is 2.96 bits per heavy atom. The Hall–Kier alpha value is -3.60. The number of benzene rings is 1. The van der Waals surface area contributed by atoms with Crippen molar-refractivity contribution in [2.24, 2.45) is 5.10 Å². The van der Waals surface area contributed by atoms with Crippen molar-refractivity contribution in [3.63, 3.8) is 0 Å². The molecule has 26 heavy (non-hydrogen) atoms. The summed E-state index contributed by atoms with van der Waals surface area (Å²) in [6.07, 6.45) is 1.34. The molecule has 3 rings (SSSR count). The Balaban J connectivity index is 1.61. The zero-order chi connectivity index (χ0) is 18.5. The fraction of sp³-hybridized carbons (Fsp3) is 0.0667. The van der Waals surface area contributed by atoms with Crippen LogP contribution in [0.5, 0.6) is 0 Å². The predicted molar refractivity (Wildman–Crippen MR) is 94.6 cm³/mol. The summed E-state index contributed by atoms with van der Waals surface area (Å²) in [4.78, 5) is 22.1. The second-order valence-electron chi connectivity index (χ2n) is 5.01. The molecule has 2 aromatic heterocycles. The molecule has 0 atom stereocenters. The van der Waals surface area contributed by atoms with Gasteiger partial charge in [-0.3, -0.25) is 14.9 Å². The largest absolute Gasteiger partial charge is 0.455 e. The van der Waals surface area contributed by atoms with Crippen LogP contribution in [0, 0.1) is 10.1 Å². The molecule has 0 spiro atoms. The highest BCUT2D eigenvalue weighted by atomic mass is 32.1. The number of nitrogens with one attached hydrogen (secondary N) is 1. The molecule has 3 aromatic rings. The third-order valence-electron chi connectivity index (χ3n) is 3.14. The molecule has 0 saturated carbocycles. The quantitative estimate of drug-likeness (QED) is 0.381. The topological polar surface area (TPSA) is 150 Å². The average molecular weight is 372 g/mol. The van der Waals surface area contributed by atoms with Crippen molar-refractivity contribution < 1.29 is 14.1 Å². The van der Waals surface area contributed by atoms with E-state index < -0.39 is 4.92 Å². The van der Waals surface area contributed by atoms with Gasteiger partial charge in [-0.25, -0.2) is 5.43 Å². The molecule has 0 saturated heterocycles. The second-order valence-corrected chi connectivity index (χ2v) is 6.11. The lowest BCUT2D eigenvalue weighted by atomic mass is 10.1. The number of nitrogens with zero attached hydrogens (tertiary/aromatic N) is 4. The fourth-order valence-corrected chi connectivity index (χ4v) is 2.64. The standard InChI is InChI=1S/C15H12N6O4S/c16-15-20-19-14(26-15)7-13(22)18-17-8-11-4-5-12(25-11)9-2-1-3-10(6-9)21(23)24/h1-6,8H,7H2,(H2,16,20)(H,18,22)/b17-8+. The van der Waals surface area contributed by atoms with E-state index in [0.29, 0.717) is 27.2 Å². The lowest BCUT2D eigenvalue weighted by Gasteiger charge is -1.97. The van der Waals surface area contributed by atoms with Crippen molar-refractivity contribution in [3.05, 3.63) is 57.3 Å². The molecule has 2 heterocycles. The Labute approximate surface area is 150 Å². The van der Waals surface area contributed by atoms with Gasteiger partial charge in [0.05, 0.1) is 17.6 Å². The maximum absolute atomic E-state index is 11.7. The number of hydrazone groups is 1. The molecule has 132 valence electrons. The van der Waals surface area contributed by atoms with E-state index >= 15 is 0 Å². The molecule has 1 aromatic carbocycles. The van der Waals surface area contributed by atoms with E-state index in [-0.39, 0.29) is 18.0 Å². The van der Waals surface area contributed by atoms with Crippen molar-refractivity contribution in [2.75, 3.05) is 5.73 Å². The van der Waals surface area contributed by atoms with Crippen LogP contribution in [-0.4, -0.2) is 27.2 Å². The summed E-state index contributed by atoms with van der Waals surface area (Å²) < 4.78 is 5.55. The van der Waals surface area contributed by atoms with Gasteiger partial charge in [0.2, 0.25) is 11.0 Å². The minimum atomic E-state index is -0.476. The van der Waals surface area contributed by atoms with Crippen LogP contribution in [0.3, 0.4) is 0 Å². The van der Waals surface area contributed by atoms with Crippen LogP contribution in [0.1, 0.15) is 10.8 Å². The molecule has 0 bridgehead atoms. The summed E-state index contributed by atoms with van der Waals surface area (Å²) in [6, 6.07) is 9.37. The third kappa shape index (κ3) is 4.27. The van der Waals surface area contributed by atoms with E-state index in [1.807, 2.05) is 0 Å². The van der Waals surface area contributed by atoms with Gasteiger partial charge in [0, 0.05) is 17.7 Å². The molecular formula is C15H12N6O4S. The van der Waals surface area contributed by atoms with Crippen LogP contribution in [-0.2, 0) is 11.2 Å². The number of rotatable bonds is 6. The van der Waals surface area contributed by atoms with Crippen LogP contribution in [0.15, 0.2) is 45.9 Å². The summed E-state index contributed by atoms with van der Waals surface area (Å²) in [7, 11) is 0. The van der Waals surface area contributed by atoms with Crippen LogP contribution in [0.25, 0.3) is 11.3 Å². The second kappa shape index (κ2) is 7.53. The molecule has 1 amide bonds. The number of nitro benzene ring substituents is 1. The number of furan rings is 1. The van der Waals surface area contributed by atoms with Gasteiger partial charge in [0.25, 0.3) is 5.69 Å². The highest BCUT2D eigenvalue weighted by Gasteiger charge is 2.10. The number of nitrogens with two attached hydrogens (primary N) is 1. The summed E-state index contributed by atoms with van der Waals surface area (Å²) in [5.41, 5.74) is 8.32. The summed E-state index contributed by atoms with van der Waals surface area (Å²) >= 11 is 1.13. The van der Waals surface area contributed by atoms with Gasteiger partial charge in [-0.2, -0.15) is 5.10 Å². The Bertz CT molecular complexity index is 980. The first-order valence-corrected chi connectivity index (χ1v) is 8.07. The molecule has 0 aliphatic rings. The van der Waals surface area contributed by atoms with Gasteiger partial charge >= 0.3 is 0 Å². The van der Waals surface area contributed by atoms with E-state index in [1.54, 1.807) is 24.3 Å².